The largest absolute Gasteiger partial charge is 0.505 e. The van der Waals surface area contributed by atoms with E-state index in [-0.39, 0.29) is 11.3 Å². The van der Waals surface area contributed by atoms with Crippen molar-refractivity contribution < 1.29 is 15.0 Å². The van der Waals surface area contributed by atoms with Crippen LogP contribution in [0.1, 0.15) is 10.4 Å². The minimum atomic E-state index is -0.984. The van der Waals surface area contributed by atoms with E-state index in [9.17, 15) is 9.90 Å². The molecule has 0 aliphatic heterocycles. The van der Waals surface area contributed by atoms with Gasteiger partial charge in [0.15, 0.2) is 0 Å². The van der Waals surface area contributed by atoms with Gasteiger partial charge in [0.05, 0.1) is 20.8 Å². The lowest BCUT2D eigenvalue weighted by molar-refractivity contribution is 0.0697. The minimum absolute atomic E-state index is 0.103. The number of pyridine rings is 1. The average molecular weight is 315 g/mol. The summed E-state index contributed by atoms with van der Waals surface area (Å²) in [6, 6.07) is 4.63. The molecule has 0 spiro atoms. The van der Waals surface area contributed by atoms with E-state index in [1.165, 1.54) is 18.3 Å². The van der Waals surface area contributed by atoms with E-state index in [1.807, 2.05) is 22.6 Å². The van der Waals surface area contributed by atoms with Gasteiger partial charge in [0, 0.05) is 5.39 Å². The Morgan fingerprint density at radius 3 is 2.80 bits per heavy atom. The lowest BCUT2D eigenvalue weighted by Crippen LogP contribution is -1.96. The molecular formula is C10H6INO3. The molecule has 0 amide bonds. The summed E-state index contributed by atoms with van der Waals surface area (Å²) in [6.45, 7) is 0. The third-order valence-corrected chi connectivity index (χ3v) is 3.17. The maximum atomic E-state index is 10.7. The van der Waals surface area contributed by atoms with Crippen molar-refractivity contribution in [3.8, 4) is 5.75 Å². The van der Waals surface area contributed by atoms with Crippen LogP contribution in [-0.4, -0.2) is 21.2 Å². The fourth-order valence-electron chi connectivity index (χ4n) is 1.28. The topological polar surface area (TPSA) is 70.4 Å². The number of hydrogen-bond acceptors (Lipinski definition) is 3. The highest BCUT2D eigenvalue weighted by molar-refractivity contribution is 14.1. The Morgan fingerprint density at radius 2 is 2.13 bits per heavy atom. The highest BCUT2D eigenvalue weighted by atomic mass is 127. The Balaban J connectivity index is 2.75. The van der Waals surface area contributed by atoms with Crippen LogP contribution in [0.5, 0.6) is 5.75 Å². The van der Waals surface area contributed by atoms with E-state index < -0.39 is 5.97 Å². The zero-order valence-electron chi connectivity index (χ0n) is 7.44. The van der Waals surface area contributed by atoms with Gasteiger partial charge in [-0.15, -0.1) is 0 Å². The number of hydrogen-bond donors (Lipinski definition) is 2. The highest BCUT2D eigenvalue weighted by Gasteiger charge is 2.08. The van der Waals surface area contributed by atoms with Crippen molar-refractivity contribution in [2.24, 2.45) is 0 Å². The summed E-state index contributed by atoms with van der Waals surface area (Å²) in [5.74, 6) is -0.882. The Hall–Kier alpha value is -1.37. The third-order valence-electron chi connectivity index (χ3n) is 2.03. The molecule has 0 bridgehead atoms. The van der Waals surface area contributed by atoms with Gasteiger partial charge in [0.1, 0.15) is 5.75 Å². The molecule has 2 aromatic rings. The molecule has 2 rings (SSSR count). The molecule has 1 aromatic carbocycles. The second-order valence-corrected chi connectivity index (χ2v) is 4.07. The van der Waals surface area contributed by atoms with E-state index in [4.69, 9.17) is 5.11 Å². The summed E-state index contributed by atoms with van der Waals surface area (Å²) in [7, 11) is 0. The Labute approximate surface area is 98.7 Å². The normalized spacial score (nSPS) is 10.5. The van der Waals surface area contributed by atoms with Gasteiger partial charge in [-0.3, -0.25) is 4.98 Å². The summed E-state index contributed by atoms with van der Waals surface area (Å²) in [4.78, 5) is 14.7. The fourth-order valence-corrected chi connectivity index (χ4v) is 1.88. The molecule has 1 aromatic heterocycles. The fraction of sp³-hybridized carbons (Fsp3) is 0. The first-order valence-electron chi connectivity index (χ1n) is 4.10. The maximum absolute atomic E-state index is 10.7. The first-order chi connectivity index (χ1) is 7.09. The molecule has 0 fully saturated rings. The summed E-state index contributed by atoms with van der Waals surface area (Å²) >= 11 is 1.99. The molecule has 5 heteroatoms. The van der Waals surface area contributed by atoms with Crippen molar-refractivity contribution in [3.05, 3.63) is 33.5 Å². The quantitative estimate of drug-likeness (QED) is 0.792. The van der Waals surface area contributed by atoms with Crippen LogP contribution in [0.15, 0.2) is 24.4 Å². The van der Waals surface area contributed by atoms with Crippen molar-refractivity contribution in [2.75, 3.05) is 0 Å². The number of carboxylic acid groups (broad SMARTS) is 1. The summed E-state index contributed by atoms with van der Waals surface area (Å²) in [5, 5.41) is 18.9. The number of rotatable bonds is 1. The maximum Gasteiger partial charge on any atom is 0.335 e. The van der Waals surface area contributed by atoms with Crippen molar-refractivity contribution >= 4 is 39.5 Å². The molecule has 15 heavy (non-hydrogen) atoms. The summed E-state index contributed by atoms with van der Waals surface area (Å²) in [6.07, 6.45) is 1.32. The van der Waals surface area contributed by atoms with Crippen LogP contribution in [0.2, 0.25) is 0 Å². The smallest absolute Gasteiger partial charge is 0.335 e. The number of aromatic carboxylic acids is 1. The molecule has 2 N–H and O–H groups in total. The van der Waals surface area contributed by atoms with Gasteiger partial charge in [-0.25, -0.2) is 4.79 Å². The lowest BCUT2D eigenvalue weighted by atomic mass is 10.1. The van der Waals surface area contributed by atoms with Gasteiger partial charge in [0.2, 0.25) is 0 Å². The van der Waals surface area contributed by atoms with Gasteiger partial charge in [0.25, 0.3) is 0 Å². The van der Waals surface area contributed by atoms with Gasteiger partial charge in [-0.05, 0) is 34.7 Å². The van der Waals surface area contributed by atoms with Gasteiger partial charge in [-0.2, -0.15) is 0 Å². The molecule has 1 heterocycles. The van der Waals surface area contributed by atoms with Crippen LogP contribution in [0.4, 0.5) is 0 Å². The van der Waals surface area contributed by atoms with Crippen LogP contribution >= 0.6 is 22.6 Å². The molecule has 76 valence electrons. The predicted octanol–water partition coefficient (Wildman–Crippen LogP) is 2.24. The summed E-state index contributed by atoms with van der Waals surface area (Å²) < 4.78 is 0.675. The minimum Gasteiger partial charge on any atom is -0.505 e. The van der Waals surface area contributed by atoms with E-state index in [1.54, 1.807) is 6.07 Å². The standard InChI is InChI=1S/C10H6INO3/c11-9-6-2-1-5(10(14)15)3-7(6)12-4-8(9)13/h1-4,13H,(H,14,15). The van der Waals surface area contributed by atoms with Crippen LogP contribution in [0.3, 0.4) is 0 Å². The highest BCUT2D eigenvalue weighted by Crippen LogP contribution is 2.27. The van der Waals surface area contributed by atoms with Crippen LogP contribution in [0.25, 0.3) is 10.9 Å². The molecule has 0 atom stereocenters. The van der Waals surface area contributed by atoms with Crippen LogP contribution in [0, 0.1) is 3.57 Å². The van der Waals surface area contributed by atoms with Gasteiger partial charge in [-0.1, -0.05) is 6.07 Å². The number of aromatic hydroxyl groups is 1. The van der Waals surface area contributed by atoms with E-state index >= 15 is 0 Å². The predicted molar refractivity (Wildman–Crippen MR) is 63.1 cm³/mol. The van der Waals surface area contributed by atoms with Crippen LogP contribution in [-0.2, 0) is 0 Å². The van der Waals surface area contributed by atoms with E-state index in [0.29, 0.717) is 9.09 Å². The number of carbonyl (C=O) groups is 1. The lowest BCUT2D eigenvalue weighted by Gasteiger charge is -2.03. The first-order valence-corrected chi connectivity index (χ1v) is 5.18. The number of aromatic nitrogens is 1. The van der Waals surface area contributed by atoms with E-state index in [2.05, 4.69) is 4.98 Å². The van der Waals surface area contributed by atoms with E-state index in [0.717, 1.165) is 5.39 Å². The zero-order chi connectivity index (χ0) is 11.0. The number of benzene rings is 1. The molecule has 4 nitrogen and oxygen atoms in total. The van der Waals surface area contributed by atoms with Crippen molar-refractivity contribution in [1.29, 1.82) is 0 Å². The second-order valence-electron chi connectivity index (χ2n) is 2.99. The van der Waals surface area contributed by atoms with Crippen molar-refractivity contribution in [2.45, 2.75) is 0 Å². The Morgan fingerprint density at radius 1 is 1.40 bits per heavy atom. The Bertz CT molecular complexity index is 554. The third kappa shape index (κ3) is 1.74. The van der Waals surface area contributed by atoms with Crippen molar-refractivity contribution in [3.63, 3.8) is 0 Å². The van der Waals surface area contributed by atoms with Gasteiger partial charge >= 0.3 is 5.97 Å². The number of fused-ring (bicyclic) bond motifs is 1. The Kier molecular flexibility index (Phi) is 2.47. The molecule has 0 radical (unpaired) electrons. The van der Waals surface area contributed by atoms with Crippen LogP contribution < -0.4 is 0 Å². The number of carboxylic acids is 1. The summed E-state index contributed by atoms with van der Waals surface area (Å²) in [5.41, 5.74) is 0.758. The SMILES string of the molecule is O=C(O)c1ccc2c(I)c(O)cnc2c1. The monoisotopic (exact) mass is 315 g/mol. The second kappa shape index (κ2) is 3.65. The molecule has 0 unspecified atom stereocenters. The zero-order valence-corrected chi connectivity index (χ0v) is 9.59. The molecule has 0 saturated carbocycles. The molecule has 0 aliphatic rings. The van der Waals surface area contributed by atoms with Crippen molar-refractivity contribution in [1.82, 2.24) is 4.98 Å². The first kappa shape index (κ1) is 10.2. The molecular weight excluding hydrogens is 309 g/mol. The molecule has 0 aliphatic carbocycles. The van der Waals surface area contributed by atoms with Gasteiger partial charge < -0.3 is 10.2 Å². The number of nitrogens with zero attached hydrogens (tertiary/aromatic N) is 1. The molecule has 0 saturated heterocycles. The number of halogens is 1. The average Bonchev–Trinajstić information content (AvgIpc) is 2.23.